The molecule has 0 aliphatic heterocycles. The Hall–Kier alpha value is -3.85. The minimum absolute atomic E-state index is 0.0265. The van der Waals surface area contributed by atoms with Gasteiger partial charge in [-0.15, -0.1) is 0 Å². The topological polar surface area (TPSA) is 78.0 Å². The number of benzene rings is 4. The molecule has 0 saturated carbocycles. The molecule has 1 aromatic heterocycles. The Bertz CT molecular complexity index is 1620. The predicted octanol–water partition coefficient (Wildman–Crippen LogP) is 6.22. The fourth-order valence-corrected chi connectivity index (χ4v) is 4.22. The van der Waals surface area contributed by atoms with E-state index in [-0.39, 0.29) is 11.2 Å². The Balaban J connectivity index is 1.70. The molecule has 0 N–H and O–H groups in total. The Morgan fingerprint density at radius 3 is 2.39 bits per heavy atom. The molecule has 0 unspecified atom stereocenters. The Labute approximate surface area is 202 Å². The van der Waals surface area contributed by atoms with Crippen LogP contribution in [0.25, 0.3) is 39.5 Å². The lowest BCUT2D eigenvalue weighted by molar-refractivity contribution is -0.384. The first kappa shape index (κ1) is 21.0. The van der Waals surface area contributed by atoms with Gasteiger partial charge in [0.15, 0.2) is 0 Å². The van der Waals surface area contributed by atoms with E-state index in [9.17, 15) is 14.9 Å². The van der Waals surface area contributed by atoms with Crippen molar-refractivity contribution < 1.29 is 4.92 Å². The van der Waals surface area contributed by atoms with Gasteiger partial charge in [-0.3, -0.25) is 19.5 Å². The first-order chi connectivity index (χ1) is 16.0. The fourth-order valence-electron chi connectivity index (χ4n) is 3.73. The predicted molar refractivity (Wildman–Crippen MR) is 140 cm³/mol. The van der Waals surface area contributed by atoms with E-state index in [0.717, 1.165) is 25.6 Å². The highest BCUT2D eigenvalue weighted by Crippen LogP contribution is 2.22. The van der Waals surface area contributed by atoms with Crippen molar-refractivity contribution in [1.82, 2.24) is 9.55 Å². The van der Waals surface area contributed by atoms with Gasteiger partial charge in [0.2, 0.25) is 0 Å². The number of rotatable bonds is 4. The molecular weight excluding hydrogens is 529 g/mol. The molecule has 0 aliphatic carbocycles. The zero-order valence-electron chi connectivity index (χ0n) is 17.2. The lowest BCUT2D eigenvalue weighted by Crippen LogP contribution is -2.22. The number of halogens is 1. The monoisotopic (exact) mass is 545 g/mol. The van der Waals surface area contributed by atoms with E-state index in [2.05, 4.69) is 22.6 Å². The Kier molecular flexibility index (Phi) is 5.47. The maximum absolute atomic E-state index is 13.6. The van der Waals surface area contributed by atoms with Crippen molar-refractivity contribution in [3.8, 4) is 5.69 Å². The highest BCUT2D eigenvalue weighted by molar-refractivity contribution is 14.1. The molecule has 5 aromatic rings. The molecule has 0 amide bonds. The SMILES string of the molecule is O=c1c2cc(I)ccc2nc(/C=C/c2ccc([N+](=O)[O-])cc2)n1-c1ccc2ccccc2c1. The van der Waals surface area contributed by atoms with Crippen LogP contribution in [0.5, 0.6) is 0 Å². The molecule has 160 valence electrons. The van der Waals surface area contributed by atoms with Crippen LogP contribution in [0.15, 0.2) is 89.7 Å². The summed E-state index contributed by atoms with van der Waals surface area (Å²) < 4.78 is 2.56. The smallest absolute Gasteiger partial charge is 0.268 e. The van der Waals surface area contributed by atoms with Crippen molar-refractivity contribution in [1.29, 1.82) is 0 Å². The standard InChI is InChI=1S/C26H16IN3O3/c27-20-9-13-24-23(16-20)26(31)29(22-12-8-18-3-1-2-4-19(18)15-22)25(28-24)14-7-17-5-10-21(11-6-17)30(32)33/h1-16H/b14-7+. The summed E-state index contributed by atoms with van der Waals surface area (Å²) in [5, 5.41) is 13.6. The number of nitro benzene ring substituents is 1. The molecule has 5 rings (SSSR count). The van der Waals surface area contributed by atoms with E-state index in [1.54, 1.807) is 28.9 Å². The molecule has 1 heterocycles. The summed E-state index contributed by atoms with van der Waals surface area (Å²) >= 11 is 2.18. The van der Waals surface area contributed by atoms with E-state index in [1.165, 1.54) is 12.1 Å². The van der Waals surface area contributed by atoms with Crippen LogP contribution in [0.2, 0.25) is 0 Å². The summed E-state index contributed by atoms with van der Waals surface area (Å²) in [6.07, 6.45) is 3.55. The molecule has 0 atom stereocenters. The van der Waals surface area contributed by atoms with Crippen molar-refractivity contribution in [2.45, 2.75) is 0 Å². The van der Waals surface area contributed by atoms with Gasteiger partial charge in [-0.1, -0.05) is 36.4 Å². The van der Waals surface area contributed by atoms with Crippen LogP contribution in [0, 0.1) is 13.7 Å². The van der Waals surface area contributed by atoms with E-state index >= 15 is 0 Å². The van der Waals surface area contributed by atoms with Gasteiger partial charge in [-0.2, -0.15) is 0 Å². The van der Waals surface area contributed by atoms with Gasteiger partial charge in [0.25, 0.3) is 11.2 Å². The number of hydrogen-bond acceptors (Lipinski definition) is 4. The molecule has 0 fully saturated rings. The molecule has 6 nitrogen and oxygen atoms in total. The largest absolute Gasteiger partial charge is 0.269 e. The molecule has 7 heteroatoms. The molecule has 4 aromatic carbocycles. The summed E-state index contributed by atoms with van der Waals surface area (Å²) in [5.74, 6) is 0.474. The van der Waals surface area contributed by atoms with Crippen molar-refractivity contribution in [3.63, 3.8) is 0 Å². The van der Waals surface area contributed by atoms with Gasteiger partial charge in [-0.25, -0.2) is 4.98 Å². The number of nitrogens with zero attached hydrogens (tertiary/aromatic N) is 3. The van der Waals surface area contributed by atoms with Crippen LogP contribution >= 0.6 is 22.6 Å². The fraction of sp³-hybridized carbons (Fsp3) is 0. The van der Waals surface area contributed by atoms with Gasteiger partial charge in [0.1, 0.15) is 5.82 Å². The average molecular weight is 545 g/mol. The zero-order chi connectivity index (χ0) is 22.9. The lowest BCUT2D eigenvalue weighted by Gasteiger charge is -2.12. The van der Waals surface area contributed by atoms with E-state index in [1.807, 2.05) is 60.7 Å². The van der Waals surface area contributed by atoms with Gasteiger partial charge in [-0.05, 0) is 87.5 Å². The Morgan fingerprint density at radius 2 is 1.64 bits per heavy atom. The van der Waals surface area contributed by atoms with Gasteiger partial charge in [0.05, 0.1) is 21.5 Å². The van der Waals surface area contributed by atoms with E-state index < -0.39 is 4.92 Å². The third-order valence-electron chi connectivity index (χ3n) is 5.38. The van der Waals surface area contributed by atoms with Crippen LogP contribution in [-0.2, 0) is 0 Å². The molecule has 0 saturated heterocycles. The molecule has 33 heavy (non-hydrogen) atoms. The maximum Gasteiger partial charge on any atom is 0.269 e. The second kappa shape index (κ2) is 8.59. The van der Waals surface area contributed by atoms with Crippen molar-refractivity contribution >= 4 is 62.1 Å². The molecule has 0 bridgehead atoms. The molecular formula is C26H16IN3O3. The van der Waals surface area contributed by atoms with Crippen molar-refractivity contribution in [3.05, 3.63) is 120 Å². The number of hydrogen-bond donors (Lipinski definition) is 0. The van der Waals surface area contributed by atoms with Gasteiger partial charge >= 0.3 is 0 Å². The highest BCUT2D eigenvalue weighted by atomic mass is 127. The van der Waals surface area contributed by atoms with E-state index in [0.29, 0.717) is 16.7 Å². The second-order valence-corrected chi connectivity index (χ2v) is 8.73. The third kappa shape index (κ3) is 4.14. The first-order valence-electron chi connectivity index (χ1n) is 10.1. The third-order valence-corrected chi connectivity index (χ3v) is 6.05. The minimum Gasteiger partial charge on any atom is -0.268 e. The molecule has 0 radical (unpaired) electrons. The van der Waals surface area contributed by atoms with Crippen molar-refractivity contribution in [2.75, 3.05) is 0 Å². The maximum atomic E-state index is 13.6. The van der Waals surface area contributed by atoms with Crippen LogP contribution < -0.4 is 5.56 Å². The molecule has 0 aliphatic rings. The van der Waals surface area contributed by atoms with Gasteiger partial charge in [0, 0.05) is 15.7 Å². The van der Waals surface area contributed by atoms with E-state index in [4.69, 9.17) is 4.98 Å². The normalized spacial score (nSPS) is 11.4. The summed E-state index contributed by atoms with van der Waals surface area (Å²) in [6.45, 7) is 0. The number of fused-ring (bicyclic) bond motifs is 2. The summed E-state index contributed by atoms with van der Waals surface area (Å²) in [7, 11) is 0. The van der Waals surface area contributed by atoms with Crippen LogP contribution in [-0.4, -0.2) is 14.5 Å². The lowest BCUT2D eigenvalue weighted by atomic mass is 10.1. The Morgan fingerprint density at radius 1 is 0.879 bits per heavy atom. The first-order valence-corrected chi connectivity index (χ1v) is 11.2. The highest BCUT2D eigenvalue weighted by Gasteiger charge is 2.12. The van der Waals surface area contributed by atoms with Crippen LogP contribution in [0.4, 0.5) is 5.69 Å². The van der Waals surface area contributed by atoms with Crippen LogP contribution in [0.3, 0.4) is 0 Å². The van der Waals surface area contributed by atoms with Gasteiger partial charge < -0.3 is 0 Å². The molecule has 0 spiro atoms. The zero-order valence-corrected chi connectivity index (χ0v) is 19.3. The number of aromatic nitrogens is 2. The quantitative estimate of drug-likeness (QED) is 0.153. The van der Waals surface area contributed by atoms with Crippen molar-refractivity contribution in [2.24, 2.45) is 0 Å². The average Bonchev–Trinajstić information content (AvgIpc) is 2.83. The number of nitro groups is 1. The summed E-state index contributed by atoms with van der Waals surface area (Å²) in [4.78, 5) is 28.8. The van der Waals surface area contributed by atoms with Crippen LogP contribution in [0.1, 0.15) is 11.4 Å². The summed E-state index contributed by atoms with van der Waals surface area (Å²) in [6, 6.07) is 25.7. The number of non-ortho nitro benzene ring substituents is 1. The summed E-state index contributed by atoms with van der Waals surface area (Å²) in [5.41, 5.74) is 1.97. The minimum atomic E-state index is -0.433. The second-order valence-electron chi connectivity index (χ2n) is 7.49.